The van der Waals surface area contributed by atoms with Crippen molar-refractivity contribution in [3.05, 3.63) is 42.5 Å². The highest BCUT2D eigenvalue weighted by molar-refractivity contribution is 7.89. The highest BCUT2D eigenvalue weighted by atomic mass is 32.2. The number of carbonyl (C=O) groups excluding carboxylic acids is 2. The standard InChI is InChI=1S/C24H32N4O4S/c29-23(12-13-25-24(30)26-21-8-2-1-3-9-21)27-14-16-28(17-15-27)33(31,32)22-11-10-19-6-4-5-7-20(19)18-22/h4-7,10-11,18,21H,1-3,8-9,12-17H2,(H2,25,26,30). The van der Waals surface area contributed by atoms with Crippen LogP contribution >= 0.6 is 0 Å². The van der Waals surface area contributed by atoms with E-state index < -0.39 is 10.0 Å². The van der Waals surface area contributed by atoms with Gasteiger partial charge in [0.05, 0.1) is 4.90 Å². The van der Waals surface area contributed by atoms with Crippen molar-refractivity contribution in [3.63, 3.8) is 0 Å². The number of urea groups is 1. The van der Waals surface area contributed by atoms with Crippen LogP contribution in [0, 0.1) is 0 Å². The molecule has 4 rings (SSSR count). The Kier molecular flexibility index (Phi) is 7.49. The second-order valence-electron chi connectivity index (χ2n) is 8.78. The van der Waals surface area contributed by atoms with E-state index in [0.29, 0.717) is 13.1 Å². The first-order chi connectivity index (χ1) is 15.9. The van der Waals surface area contributed by atoms with Crippen LogP contribution in [0.2, 0.25) is 0 Å². The van der Waals surface area contributed by atoms with Gasteiger partial charge in [-0.15, -0.1) is 0 Å². The lowest BCUT2D eigenvalue weighted by Gasteiger charge is -2.34. The summed E-state index contributed by atoms with van der Waals surface area (Å²) in [5.41, 5.74) is 0. The lowest BCUT2D eigenvalue weighted by atomic mass is 9.96. The van der Waals surface area contributed by atoms with Crippen molar-refractivity contribution in [2.24, 2.45) is 0 Å². The molecule has 1 saturated heterocycles. The van der Waals surface area contributed by atoms with Crippen molar-refractivity contribution in [1.29, 1.82) is 0 Å². The summed E-state index contributed by atoms with van der Waals surface area (Å²) in [4.78, 5) is 26.5. The summed E-state index contributed by atoms with van der Waals surface area (Å²) in [7, 11) is -3.61. The second-order valence-corrected chi connectivity index (χ2v) is 10.7. The number of benzene rings is 2. The number of hydrogen-bond acceptors (Lipinski definition) is 4. The number of carbonyl (C=O) groups is 2. The maximum absolute atomic E-state index is 13.1. The van der Waals surface area contributed by atoms with Gasteiger partial charge in [0.25, 0.3) is 0 Å². The van der Waals surface area contributed by atoms with Gasteiger partial charge in [0, 0.05) is 45.2 Å². The summed E-state index contributed by atoms with van der Waals surface area (Å²) in [6, 6.07) is 12.8. The number of sulfonamides is 1. The number of piperazine rings is 1. The zero-order valence-corrected chi connectivity index (χ0v) is 19.6. The van der Waals surface area contributed by atoms with Crippen LogP contribution in [0.15, 0.2) is 47.4 Å². The SMILES string of the molecule is O=C(NCCC(=O)N1CCN(S(=O)(=O)c2ccc3ccccc3c2)CC1)NC1CCCCC1. The predicted molar refractivity (Wildman–Crippen MR) is 127 cm³/mol. The maximum Gasteiger partial charge on any atom is 0.315 e. The molecule has 2 aromatic carbocycles. The molecule has 2 N–H and O–H groups in total. The van der Waals surface area contributed by atoms with Gasteiger partial charge in [-0.1, -0.05) is 49.6 Å². The predicted octanol–water partition coefficient (Wildman–Crippen LogP) is 2.69. The van der Waals surface area contributed by atoms with Crippen LogP contribution in [0.4, 0.5) is 4.79 Å². The largest absolute Gasteiger partial charge is 0.340 e. The Balaban J connectivity index is 1.23. The number of nitrogens with zero attached hydrogens (tertiary/aromatic N) is 2. The van der Waals surface area contributed by atoms with E-state index in [1.165, 1.54) is 10.7 Å². The topological polar surface area (TPSA) is 98.8 Å². The molecule has 0 unspecified atom stereocenters. The van der Waals surface area contributed by atoms with E-state index in [-0.39, 0.29) is 48.9 Å². The molecule has 2 fully saturated rings. The van der Waals surface area contributed by atoms with Gasteiger partial charge in [0.15, 0.2) is 0 Å². The first kappa shape index (κ1) is 23.5. The summed E-state index contributed by atoms with van der Waals surface area (Å²) in [5.74, 6) is -0.0734. The van der Waals surface area contributed by atoms with Gasteiger partial charge < -0.3 is 15.5 Å². The molecule has 178 valence electrons. The summed E-state index contributed by atoms with van der Waals surface area (Å²) in [6.07, 6.45) is 5.75. The summed E-state index contributed by atoms with van der Waals surface area (Å²) in [6.45, 7) is 1.49. The number of rotatable bonds is 6. The van der Waals surface area contributed by atoms with Crippen LogP contribution < -0.4 is 10.6 Å². The average Bonchev–Trinajstić information content (AvgIpc) is 2.84. The molecule has 0 aromatic heterocycles. The maximum atomic E-state index is 13.1. The van der Waals surface area contributed by atoms with E-state index in [2.05, 4.69) is 10.6 Å². The Labute approximate surface area is 195 Å². The third kappa shape index (κ3) is 5.83. The molecular weight excluding hydrogens is 440 g/mol. The van der Waals surface area contributed by atoms with Crippen LogP contribution in [0.1, 0.15) is 38.5 Å². The number of amides is 3. The third-order valence-electron chi connectivity index (χ3n) is 6.51. The highest BCUT2D eigenvalue weighted by Crippen LogP contribution is 2.23. The van der Waals surface area contributed by atoms with E-state index in [1.807, 2.05) is 30.3 Å². The number of fused-ring (bicyclic) bond motifs is 1. The van der Waals surface area contributed by atoms with Gasteiger partial charge in [0.2, 0.25) is 15.9 Å². The zero-order chi connectivity index (χ0) is 23.3. The summed E-state index contributed by atoms with van der Waals surface area (Å²) in [5, 5.41) is 7.61. The van der Waals surface area contributed by atoms with Crippen molar-refractivity contribution < 1.29 is 18.0 Å². The Bertz CT molecular complexity index is 1090. The Morgan fingerprint density at radius 3 is 2.33 bits per heavy atom. The Morgan fingerprint density at radius 1 is 0.909 bits per heavy atom. The fraction of sp³-hybridized carbons (Fsp3) is 0.500. The molecule has 0 radical (unpaired) electrons. The molecule has 0 bridgehead atoms. The van der Waals surface area contributed by atoms with Crippen molar-refractivity contribution in [2.75, 3.05) is 32.7 Å². The molecule has 9 heteroatoms. The van der Waals surface area contributed by atoms with E-state index >= 15 is 0 Å². The van der Waals surface area contributed by atoms with Crippen LogP contribution in [-0.4, -0.2) is 68.3 Å². The van der Waals surface area contributed by atoms with Gasteiger partial charge in [-0.3, -0.25) is 4.79 Å². The third-order valence-corrected chi connectivity index (χ3v) is 8.41. The quantitative estimate of drug-likeness (QED) is 0.675. The minimum atomic E-state index is -3.61. The zero-order valence-electron chi connectivity index (χ0n) is 18.8. The molecule has 1 aliphatic heterocycles. The minimum absolute atomic E-state index is 0.0734. The second kappa shape index (κ2) is 10.5. The Hall–Kier alpha value is -2.65. The first-order valence-corrected chi connectivity index (χ1v) is 13.2. The monoisotopic (exact) mass is 472 g/mol. The van der Waals surface area contributed by atoms with Crippen molar-refractivity contribution in [1.82, 2.24) is 19.8 Å². The fourth-order valence-corrected chi connectivity index (χ4v) is 6.04. The van der Waals surface area contributed by atoms with Crippen LogP contribution in [0.5, 0.6) is 0 Å². The normalized spacial score (nSPS) is 18.2. The van der Waals surface area contributed by atoms with E-state index in [9.17, 15) is 18.0 Å². The van der Waals surface area contributed by atoms with E-state index in [4.69, 9.17) is 0 Å². The van der Waals surface area contributed by atoms with Crippen molar-refractivity contribution in [3.8, 4) is 0 Å². The molecule has 0 atom stereocenters. The van der Waals surface area contributed by atoms with Crippen LogP contribution in [0.25, 0.3) is 10.8 Å². The smallest absolute Gasteiger partial charge is 0.315 e. The van der Waals surface area contributed by atoms with Gasteiger partial charge in [-0.05, 0) is 35.7 Å². The molecular formula is C24H32N4O4S. The number of nitrogens with one attached hydrogen (secondary N) is 2. The van der Waals surface area contributed by atoms with Crippen LogP contribution in [-0.2, 0) is 14.8 Å². The summed E-state index contributed by atoms with van der Waals surface area (Å²) >= 11 is 0. The van der Waals surface area contributed by atoms with Gasteiger partial charge in [0.1, 0.15) is 0 Å². The van der Waals surface area contributed by atoms with Crippen molar-refractivity contribution >= 4 is 32.7 Å². The van der Waals surface area contributed by atoms with E-state index in [1.54, 1.807) is 17.0 Å². The minimum Gasteiger partial charge on any atom is -0.340 e. The number of hydrogen-bond donors (Lipinski definition) is 2. The molecule has 33 heavy (non-hydrogen) atoms. The van der Waals surface area contributed by atoms with E-state index in [0.717, 1.165) is 36.5 Å². The lowest BCUT2D eigenvalue weighted by Crippen LogP contribution is -2.51. The average molecular weight is 473 g/mol. The Morgan fingerprint density at radius 2 is 1.61 bits per heavy atom. The molecule has 1 heterocycles. The molecule has 2 aliphatic rings. The molecule has 1 aliphatic carbocycles. The summed E-state index contributed by atoms with van der Waals surface area (Å²) < 4.78 is 27.6. The molecule has 3 amide bonds. The first-order valence-electron chi connectivity index (χ1n) is 11.7. The lowest BCUT2D eigenvalue weighted by molar-refractivity contribution is -0.132. The highest BCUT2D eigenvalue weighted by Gasteiger charge is 2.30. The molecule has 1 saturated carbocycles. The molecule has 0 spiro atoms. The van der Waals surface area contributed by atoms with Gasteiger partial charge in [-0.2, -0.15) is 4.31 Å². The van der Waals surface area contributed by atoms with Gasteiger partial charge >= 0.3 is 6.03 Å². The molecule has 8 nitrogen and oxygen atoms in total. The molecule has 2 aromatic rings. The van der Waals surface area contributed by atoms with Gasteiger partial charge in [-0.25, -0.2) is 13.2 Å². The van der Waals surface area contributed by atoms with Crippen molar-refractivity contribution in [2.45, 2.75) is 49.5 Å². The van der Waals surface area contributed by atoms with Crippen LogP contribution in [0.3, 0.4) is 0 Å². The fourth-order valence-electron chi connectivity index (χ4n) is 4.58.